The number of carbonyl (C=O) groups excluding carboxylic acids is 2. The van der Waals surface area contributed by atoms with Crippen LogP contribution in [-0.2, 0) is 19.4 Å². The lowest BCUT2D eigenvalue weighted by Crippen LogP contribution is -1.85. The third-order valence-electron chi connectivity index (χ3n) is 0.134. The average Bonchev–Trinajstić information content (AvgIpc) is 1.61. The maximum absolute atomic E-state index is 9.06. The molecule has 7 heavy (non-hydrogen) atoms. The Kier molecular flexibility index (Phi) is 11.8. The van der Waals surface area contributed by atoms with E-state index in [1.807, 2.05) is 0 Å². The van der Waals surface area contributed by atoms with Gasteiger partial charge in [0.15, 0.2) is 0 Å². The SMILES string of the molecule is N.O=COOC=O. The summed E-state index contributed by atoms with van der Waals surface area (Å²) in [5.74, 6) is 0. The van der Waals surface area contributed by atoms with Crippen molar-refractivity contribution in [2.45, 2.75) is 0 Å². The van der Waals surface area contributed by atoms with Gasteiger partial charge >= 0.3 is 12.9 Å². The summed E-state index contributed by atoms with van der Waals surface area (Å²) in [6.45, 7) is 0.0167. The van der Waals surface area contributed by atoms with Gasteiger partial charge in [-0.1, -0.05) is 0 Å². The van der Waals surface area contributed by atoms with E-state index in [-0.39, 0.29) is 19.1 Å². The molecule has 0 saturated heterocycles. The molecule has 0 fully saturated rings. The van der Waals surface area contributed by atoms with Crippen molar-refractivity contribution >= 4 is 12.9 Å². The lowest BCUT2D eigenvalue weighted by Gasteiger charge is -1.80. The summed E-state index contributed by atoms with van der Waals surface area (Å²) < 4.78 is 0. The van der Waals surface area contributed by atoms with Gasteiger partial charge in [-0.3, -0.25) is 19.4 Å². The maximum Gasteiger partial charge on any atom is 0.344 e. The Morgan fingerprint density at radius 3 is 1.43 bits per heavy atom. The van der Waals surface area contributed by atoms with E-state index >= 15 is 0 Å². The van der Waals surface area contributed by atoms with Crippen LogP contribution in [0.3, 0.4) is 0 Å². The topological polar surface area (TPSA) is 87.6 Å². The van der Waals surface area contributed by atoms with Crippen LogP contribution in [0.2, 0.25) is 0 Å². The van der Waals surface area contributed by atoms with Crippen LogP contribution in [0, 0.1) is 0 Å². The summed E-state index contributed by atoms with van der Waals surface area (Å²) in [6.07, 6.45) is 0. The molecule has 0 spiro atoms. The van der Waals surface area contributed by atoms with E-state index < -0.39 is 0 Å². The second-order valence-corrected chi connectivity index (χ2v) is 0.385. The molecule has 0 aromatic carbocycles. The molecule has 0 aliphatic carbocycles. The zero-order chi connectivity index (χ0) is 4.83. The van der Waals surface area contributed by atoms with Gasteiger partial charge in [-0.05, 0) is 0 Å². The molecule has 0 bridgehead atoms. The highest BCUT2D eigenvalue weighted by molar-refractivity contribution is 5.40. The van der Waals surface area contributed by atoms with Crippen molar-refractivity contribution in [3.63, 3.8) is 0 Å². The highest BCUT2D eigenvalue weighted by atomic mass is 17.2. The van der Waals surface area contributed by atoms with Crippen molar-refractivity contribution in [2.75, 3.05) is 0 Å². The fourth-order valence-corrected chi connectivity index (χ4v) is 0.0454. The molecule has 0 heterocycles. The number of rotatable bonds is 3. The Balaban J connectivity index is 0. The molecular formula is C2H5NO4. The van der Waals surface area contributed by atoms with E-state index in [9.17, 15) is 0 Å². The van der Waals surface area contributed by atoms with Gasteiger partial charge in [0.25, 0.3) is 0 Å². The third kappa shape index (κ3) is 11.4. The molecule has 42 valence electrons. The van der Waals surface area contributed by atoms with Gasteiger partial charge in [-0.2, -0.15) is 0 Å². The van der Waals surface area contributed by atoms with Crippen molar-refractivity contribution in [1.82, 2.24) is 6.15 Å². The van der Waals surface area contributed by atoms with Gasteiger partial charge in [0.05, 0.1) is 0 Å². The molecule has 0 unspecified atom stereocenters. The second kappa shape index (κ2) is 8.86. The average molecular weight is 107 g/mol. The van der Waals surface area contributed by atoms with Crippen LogP contribution in [0.1, 0.15) is 0 Å². The first-order chi connectivity index (χ1) is 2.91. The largest absolute Gasteiger partial charge is 0.344 e. The van der Waals surface area contributed by atoms with E-state index in [0.717, 1.165) is 0 Å². The van der Waals surface area contributed by atoms with Crippen molar-refractivity contribution in [2.24, 2.45) is 0 Å². The minimum absolute atomic E-state index is 0. The van der Waals surface area contributed by atoms with E-state index in [2.05, 4.69) is 9.78 Å². The van der Waals surface area contributed by atoms with Crippen molar-refractivity contribution in [1.29, 1.82) is 0 Å². The summed E-state index contributed by atoms with van der Waals surface area (Å²) in [5, 5.41) is 0. The third-order valence-corrected chi connectivity index (χ3v) is 0.134. The van der Waals surface area contributed by atoms with Crippen LogP contribution in [0.4, 0.5) is 0 Å². The molecule has 0 aliphatic heterocycles. The Morgan fingerprint density at radius 1 is 1.00 bits per heavy atom. The molecule has 0 amide bonds. The fraction of sp³-hybridized carbons (Fsp3) is 0. The second-order valence-electron chi connectivity index (χ2n) is 0.385. The molecule has 0 aromatic rings. The van der Waals surface area contributed by atoms with Crippen molar-refractivity contribution in [3.05, 3.63) is 0 Å². The Morgan fingerprint density at radius 2 is 1.29 bits per heavy atom. The van der Waals surface area contributed by atoms with Crippen LogP contribution in [0.15, 0.2) is 0 Å². The number of hydrogen-bond acceptors (Lipinski definition) is 5. The summed E-state index contributed by atoms with van der Waals surface area (Å²) in [4.78, 5) is 25.0. The van der Waals surface area contributed by atoms with E-state index in [1.165, 1.54) is 0 Å². The van der Waals surface area contributed by atoms with E-state index in [1.54, 1.807) is 0 Å². The van der Waals surface area contributed by atoms with Crippen LogP contribution < -0.4 is 6.15 Å². The standard InChI is InChI=1S/C2H2O4.H3N/c3-1-5-6-2-4;/h1-2H;1H3. The van der Waals surface area contributed by atoms with Crippen LogP contribution in [0.25, 0.3) is 0 Å². The lowest BCUT2D eigenvalue weighted by atomic mass is 11.6. The molecule has 5 nitrogen and oxygen atoms in total. The van der Waals surface area contributed by atoms with Gasteiger partial charge in [-0.25, -0.2) is 0 Å². The molecule has 0 atom stereocenters. The molecular weight excluding hydrogens is 102 g/mol. The first-order valence-electron chi connectivity index (χ1n) is 1.11. The zero-order valence-electron chi connectivity index (χ0n) is 3.49. The van der Waals surface area contributed by atoms with Gasteiger partial charge in [0, 0.05) is 0 Å². The highest BCUT2D eigenvalue weighted by Crippen LogP contribution is 1.57. The normalized spacial score (nSPS) is 5.14. The predicted octanol–water partition coefficient (Wildman–Crippen LogP) is -0.591. The number of carbonyl (C=O) groups is 2. The van der Waals surface area contributed by atoms with Crippen molar-refractivity contribution < 1.29 is 19.4 Å². The molecule has 0 saturated carbocycles. The fourth-order valence-electron chi connectivity index (χ4n) is 0.0454. The molecule has 0 radical (unpaired) electrons. The van der Waals surface area contributed by atoms with Gasteiger partial charge < -0.3 is 6.15 Å². The van der Waals surface area contributed by atoms with E-state index in [0.29, 0.717) is 0 Å². The van der Waals surface area contributed by atoms with Gasteiger partial charge in [0.1, 0.15) is 0 Å². The highest BCUT2D eigenvalue weighted by Gasteiger charge is 1.68. The summed E-state index contributed by atoms with van der Waals surface area (Å²) in [7, 11) is 0. The lowest BCUT2D eigenvalue weighted by molar-refractivity contribution is -0.235. The summed E-state index contributed by atoms with van der Waals surface area (Å²) in [6, 6.07) is 0. The molecule has 0 aliphatic rings. The van der Waals surface area contributed by atoms with Gasteiger partial charge in [0.2, 0.25) is 0 Å². The first-order valence-corrected chi connectivity index (χ1v) is 1.11. The predicted molar refractivity (Wildman–Crippen MR) is 19.3 cm³/mol. The first kappa shape index (κ1) is 9.31. The number of hydrogen-bond donors (Lipinski definition) is 1. The van der Waals surface area contributed by atoms with E-state index in [4.69, 9.17) is 9.59 Å². The molecule has 0 rings (SSSR count). The Labute approximate surface area is 39.7 Å². The smallest absolute Gasteiger partial charge is 0.344 e. The molecule has 0 aromatic heterocycles. The Hall–Kier alpha value is -1.10. The Bertz CT molecular complexity index is 45.7. The van der Waals surface area contributed by atoms with Crippen LogP contribution >= 0.6 is 0 Å². The minimum atomic E-state index is 0. The zero-order valence-corrected chi connectivity index (χ0v) is 3.49. The van der Waals surface area contributed by atoms with Crippen LogP contribution in [-0.4, -0.2) is 12.9 Å². The minimum Gasteiger partial charge on any atom is -0.344 e. The quantitative estimate of drug-likeness (QED) is 0.225. The molecule has 3 N–H and O–H groups in total. The van der Waals surface area contributed by atoms with Gasteiger partial charge in [-0.15, -0.1) is 0 Å². The maximum atomic E-state index is 9.06. The summed E-state index contributed by atoms with van der Waals surface area (Å²) >= 11 is 0. The molecule has 5 heteroatoms. The monoisotopic (exact) mass is 107 g/mol. The van der Waals surface area contributed by atoms with Crippen molar-refractivity contribution in [3.8, 4) is 0 Å². The van der Waals surface area contributed by atoms with Crippen LogP contribution in [0.5, 0.6) is 0 Å². The summed E-state index contributed by atoms with van der Waals surface area (Å²) in [5.41, 5.74) is 0.